The van der Waals surface area contributed by atoms with Crippen LogP contribution in [0.2, 0.25) is 5.02 Å². The number of aromatic carboxylic acids is 1. The molecule has 1 atom stereocenters. The Hall–Kier alpha value is -1.53. The smallest absolute Gasteiger partial charge is 0.340 e. The lowest BCUT2D eigenvalue weighted by Crippen LogP contribution is -2.29. The summed E-state index contributed by atoms with van der Waals surface area (Å²) >= 11 is 5.74. The number of anilines is 1. The number of nitrogens with zero attached hydrogens (tertiary/aromatic N) is 1. The van der Waals surface area contributed by atoms with Crippen LogP contribution >= 0.6 is 11.6 Å². The molecular weight excluding hydrogens is 423 g/mol. The van der Waals surface area contributed by atoms with Gasteiger partial charge in [0.05, 0.1) is 23.1 Å². The van der Waals surface area contributed by atoms with Crippen LogP contribution in [0.3, 0.4) is 0 Å². The van der Waals surface area contributed by atoms with Crippen molar-refractivity contribution in [1.82, 2.24) is 0 Å². The van der Waals surface area contributed by atoms with Gasteiger partial charge in [-0.15, -0.1) is 0 Å². The third-order valence-electron chi connectivity index (χ3n) is 3.28. The zero-order valence-electron chi connectivity index (χ0n) is 13.1. The van der Waals surface area contributed by atoms with Gasteiger partial charge in [-0.05, 0) is 18.6 Å². The minimum Gasteiger partial charge on any atom is -0.478 e. The predicted octanol–water partition coefficient (Wildman–Crippen LogP) is 1.97. The molecule has 0 aliphatic rings. The topological polar surface area (TPSA) is 109 Å². The van der Waals surface area contributed by atoms with Crippen LogP contribution in [0.5, 0.6) is 0 Å². The molecule has 7 nitrogen and oxygen atoms in total. The van der Waals surface area contributed by atoms with Crippen LogP contribution in [-0.4, -0.2) is 52.4 Å². The quantitative estimate of drug-likeness (QED) is 0.542. The van der Waals surface area contributed by atoms with Crippen LogP contribution in [0.25, 0.3) is 0 Å². The van der Waals surface area contributed by atoms with E-state index in [2.05, 4.69) is 0 Å². The Morgan fingerprint density at radius 2 is 1.96 bits per heavy atom. The highest BCUT2D eigenvalue weighted by Crippen LogP contribution is 2.32. The van der Waals surface area contributed by atoms with E-state index >= 15 is 0 Å². The van der Waals surface area contributed by atoms with E-state index in [4.69, 9.17) is 16.7 Å². The summed E-state index contributed by atoms with van der Waals surface area (Å²) in [6.07, 6.45) is -1.19. The minimum absolute atomic E-state index is 0.395. The second kappa shape index (κ2) is 9.42. The van der Waals surface area contributed by atoms with Crippen molar-refractivity contribution in [2.45, 2.75) is 18.3 Å². The summed E-state index contributed by atoms with van der Waals surface area (Å²) in [6, 6.07) is 1.54. The minimum atomic E-state index is -4.28. The molecule has 13 heteroatoms. The molecule has 1 unspecified atom stereocenters. The van der Waals surface area contributed by atoms with Gasteiger partial charge >= 0.3 is 5.97 Å². The lowest BCUT2D eigenvalue weighted by Gasteiger charge is -2.21. The van der Waals surface area contributed by atoms with Crippen LogP contribution in [0.4, 0.5) is 18.9 Å². The SMILES string of the molecule is O=C(O)c1c(F)ccc(N(CCC(F)S(=O)(=O)CCCF)[SH](=O)=O)c1Cl. The van der Waals surface area contributed by atoms with Gasteiger partial charge in [0, 0.05) is 13.0 Å². The Bertz CT molecular complexity index is 839. The molecular formula is C13H15ClF3NO6S2. The van der Waals surface area contributed by atoms with Crippen LogP contribution in [-0.2, 0) is 20.7 Å². The number of benzene rings is 1. The summed E-state index contributed by atoms with van der Waals surface area (Å²) in [5, 5.41) is 8.21. The van der Waals surface area contributed by atoms with Crippen molar-refractivity contribution < 1.29 is 39.9 Å². The maximum Gasteiger partial charge on any atom is 0.340 e. The molecule has 1 rings (SSSR count). The number of hydrogen-bond donors (Lipinski definition) is 2. The first-order chi connectivity index (χ1) is 12.0. The number of alkyl halides is 2. The van der Waals surface area contributed by atoms with E-state index in [9.17, 15) is 34.8 Å². The highest BCUT2D eigenvalue weighted by Gasteiger charge is 2.27. The number of sulfone groups is 1. The fourth-order valence-corrected chi connectivity index (χ4v) is 4.26. The summed E-state index contributed by atoms with van der Waals surface area (Å²) in [7, 11) is -7.74. The maximum absolute atomic E-state index is 13.9. The summed E-state index contributed by atoms with van der Waals surface area (Å²) in [6.45, 7) is -1.65. The predicted molar refractivity (Wildman–Crippen MR) is 89.9 cm³/mol. The molecule has 0 heterocycles. The average Bonchev–Trinajstić information content (AvgIpc) is 2.54. The zero-order valence-corrected chi connectivity index (χ0v) is 15.5. The third-order valence-corrected chi connectivity index (χ3v) is 6.34. The van der Waals surface area contributed by atoms with Crippen molar-refractivity contribution in [3.8, 4) is 0 Å². The summed E-state index contributed by atoms with van der Waals surface area (Å²) in [5.74, 6) is -3.69. The van der Waals surface area contributed by atoms with Crippen LogP contribution in [0.1, 0.15) is 23.2 Å². The van der Waals surface area contributed by atoms with Crippen LogP contribution in [0.15, 0.2) is 12.1 Å². The van der Waals surface area contributed by atoms with Crippen molar-refractivity contribution in [3.05, 3.63) is 28.5 Å². The van der Waals surface area contributed by atoms with Crippen molar-refractivity contribution in [1.29, 1.82) is 0 Å². The molecule has 0 aromatic heterocycles. The molecule has 148 valence electrons. The van der Waals surface area contributed by atoms with E-state index in [1.54, 1.807) is 0 Å². The van der Waals surface area contributed by atoms with Gasteiger partial charge in [-0.2, -0.15) is 0 Å². The Kier molecular flexibility index (Phi) is 8.15. The highest BCUT2D eigenvalue weighted by molar-refractivity contribution is 7.91. The number of carboxylic acid groups (broad SMARTS) is 1. The zero-order chi connectivity index (χ0) is 20.1. The average molecular weight is 438 g/mol. The number of thiol groups is 1. The fraction of sp³-hybridized carbons (Fsp3) is 0.462. The number of carboxylic acids is 1. The standard InChI is InChI=1S/C13H15ClF3NO6S2/c14-12-9(3-2-8(16)11(12)13(19)20)18(25(21)22)6-4-10(17)26(23,24)7-1-5-15/h2-3,10,25H,1,4-7H2,(H,19,20). The highest BCUT2D eigenvalue weighted by atomic mass is 35.5. The van der Waals surface area contributed by atoms with Gasteiger partial charge in [0.15, 0.2) is 9.84 Å². The molecule has 1 aromatic carbocycles. The molecule has 0 aliphatic carbocycles. The first kappa shape index (κ1) is 22.5. The van der Waals surface area contributed by atoms with Crippen molar-refractivity contribution in [2.75, 3.05) is 23.3 Å². The monoisotopic (exact) mass is 437 g/mol. The Morgan fingerprint density at radius 1 is 1.35 bits per heavy atom. The molecule has 1 aromatic rings. The summed E-state index contributed by atoms with van der Waals surface area (Å²) in [4.78, 5) is 11.0. The van der Waals surface area contributed by atoms with E-state index in [1.165, 1.54) is 0 Å². The normalized spacial score (nSPS) is 13.0. The van der Waals surface area contributed by atoms with Gasteiger partial charge in [-0.25, -0.2) is 30.4 Å². The number of hydrogen-bond acceptors (Lipinski definition) is 5. The molecule has 0 bridgehead atoms. The maximum atomic E-state index is 13.9. The third kappa shape index (κ3) is 5.48. The van der Waals surface area contributed by atoms with Gasteiger partial charge in [0.25, 0.3) is 0 Å². The Balaban J connectivity index is 3.09. The van der Waals surface area contributed by atoms with Gasteiger partial charge in [0.2, 0.25) is 16.4 Å². The summed E-state index contributed by atoms with van der Waals surface area (Å²) < 4.78 is 85.9. The Labute approximate surface area is 154 Å². The lowest BCUT2D eigenvalue weighted by atomic mass is 10.2. The molecule has 0 spiro atoms. The van der Waals surface area contributed by atoms with Crippen LogP contribution in [0, 0.1) is 5.82 Å². The molecule has 0 saturated heterocycles. The van der Waals surface area contributed by atoms with Crippen LogP contribution < -0.4 is 4.31 Å². The number of carbonyl (C=O) groups is 1. The van der Waals surface area contributed by atoms with E-state index < -0.39 is 86.1 Å². The first-order valence-corrected chi connectivity index (χ1v) is 10.3. The first-order valence-electron chi connectivity index (χ1n) is 7.07. The molecule has 0 radical (unpaired) electrons. The fourth-order valence-electron chi connectivity index (χ4n) is 2.01. The Morgan fingerprint density at radius 3 is 2.46 bits per heavy atom. The largest absolute Gasteiger partial charge is 0.478 e. The van der Waals surface area contributed by atoms with E-state index in [1.807, 2.05) is 0 Å². The molecule has 0 fully saturated rings. The second-order valence-corrected chi connectivity index (χ2v) is 8.61. The van der Waals surface area contributed by atoms with Gasteiger partial charge in [-0.3, -0.25) is 8.70 Å². The van der Waals surface area contributed by atoms with Gasteiger partial charge in [-0.1, -0.05) is 11.6 Å². The second-order valence-electron chi connectivity index (χ2n) is 5.03. The molecule has 26 heavy (non-hydrogen) atoms. The molecule has 0 amide bonds. The van der Waals surface area contributed by atoms with Crippen molar-refractivity contribution in [2.24, 2.45) is 0 Å². The van der Waals surface area contributed by atoms with Crippen molar-refractivity contribution >= 4 is 44.0 Å². The van der Waals surface area contributed by atoms with E-state index in [0.717, 1.165) is 6.07 Å². The lowest BCUT2D eigenvalue weighted by molar-refractivity contribution is 0.0692. The van der Waals surface area contributed by atoms with E-state index in [-0.39, 0.29) is 0 Å². The number of rotatable bonds is 10. The summed E-state index contributed by atoms with van der Waals surface area (Å²) in [5.41, 5.74) is -3.86. The van der Waals surface area contributed by atoms with E-state index in [0.29, 0.717) is 10.4 Å². The molecule has 0 aliphatic heterocycles. The molecule has 0 saturated carbocycles. The van der Waals surface area contributed by atoms with Crippen molar-refractivity contribution in [3.63, 3.8) is 0 Å². The molecule has 1 N–H and O–H groups in total. The van der Waals surface area contributed by atoms with Gasteiger partial charge < -0.3 is 5.11 Å². The number of halogens is 4. The van der Waals surface area contributed by atoms with Gasteiger partial charge in [0.1, 0.15) is 11.4 Å².